The summed E-state index contributed by atoms with van der Waals surface area (Å²) < 4.78 is 0. The molecule has 1 fully saturated rings. The highest BCUT2D eigenvalue weighted by atomic mass is 16.4. The Hall–Kier alpha value is -3.20. The van der Waals surface area contributed by atoms with Crippen molar-refractivity contribution in [3.8, 4) is 5.75 Å². The maximum absolute atomic E-state index is 11.0. The third kappa shape index (κ3) is 7.65. The molecule has 2 aliphatic rings. The van der Waals surface area contributed by atoms with Crippen LogP contribution in [0.2, 0.25) is 0 Å². The maximum Gasteiger partial charge on any atom is 0.328 e. The zero-order valence-corrected chi connectivity index (χ0v) is 19.8. The van der Waals surface area contributed by atoms with Crippen molar-refractivity contribution < 1.29 is 35.1 Å². The number of carbonyl (C=O) groups is 2. The van der Waals surface area contributed by atoms with E-state index in [0.29, 0.717) is 18.6 Å². The van der Waals surface area contributed by atoms with Crippen molar-refractivity contribution in [3.05, 3.63) is 76.9 Å². The molecule has 1 saturated heterocycles. The van der Waals surface area contributed by atoms with Gasteiger partial charge in [-0.05, 0) is 55.0 Å². The minimum atomic E-state index is -1.26. The number of fused-ring (bicyclic) bond motifs is 1. The number of aliphatic hydroxyl groups excluding tert-OH is 1. The largest absolute Gasteiger partial charge is 0.508 e. The van der Waals surface area contributed by atoms with Crippen LogP contribution in [-0.4, -0.2) is 67.6 Å². The number of hydrogen-bond acceptors (Lipinski definition) is 6. The summed E-state index contributed by atoms with van der Waals surface area (Å²) in [5.41, 5.74) is 3.81. The minimum absolute atomic E-state index is 0.157. The molecule has 0 saturated carbocycles. The molecule has 2 aromatic carbocycles. The average molecular weight is 484 g/mol. The van der Waals surface area contributed by atoms with Crippen LogP contribution in [0, 0.1) is 12.8 Å². The number of nitrogens with zero attached hydrogens (tertiary/aromatic N) is 1. The Morgan fingerprint density at radius 1 is 1.03 bits per heavy atom. The lowest BCUT2D eigenvalue weighted by molar-refractivity contribution is -0.134. The second kappa shape index (κ2) is 11.5. The Morgan fingerprint density at radius 3 is 2.20 bits per heavy atom. The van der Waals surface area contributed by atoms with Crippen molar-refractivity contribution in [1.29, 1.82) is 0 Å². The summed E-state index contributed by atoms with van der Waals surface area (Å²) in [6.45, 7) is 4.62. The highest BCUT2D eigenvalue weighted by molar-refractivity contribution is 5.89. The van der Waals surface area contributed by atoms with Crippen LogP contribution in [-0.2, 0) is 22.4 Å². The van der Waals surface area contributed by atoms with Gasteiger partial charge in [0.15, 0.2) is 0 Å². The summed E-state index contributed by atoms with van der Waals surface area (Å²) in [4.78, 5) is 21.5. The number of phenols is 1. The third-order valence-corrected chi connectivity index (χ3v) is 6.68. The second-order valence-electron chi connectivity index (χ2n) is 9.49. The molecular weight excluding hydrogens is 450 g/mol. The van der Waals surface area contributed by atoms with Gasteiger partial charge in [-0.2, -0.15) is 0 Å². The van der Waals surface area contributed by atoms with E-state index in [4.69, 9.17) is 10.2 Å². The number of likely N-dealkylation sites (tertiary alicyclic amines) is 1. The van der Waals surface area contributed by atoms with Gasteiger partial charge in [-0.25, -0.2) is 9.59 Å². The van der Waals surface area contributed by atoms with E-state index in [0.717, 1.165) is 50.0 Å². The topological polar surface area (TPSA) is 139 Å². The number of aliphatic hydroxyl groups is 2. The van der Waals surface area contributed by atoms with Gasteiger partial charge < -0.3 is 30.4 Å². The van der Waals surface area contributed by atoms with Gasteiger partial charge in [-0.1, -0.05) is 35.9 Å². The highest BCUT2D eigenvalue weighted by Crippen LogP contribution is 2.38. The lowest BCUT2D eigenvalue weighted by Crippen LogP contribution is -2.47. The third-order valence-electron chi connectivity index (χ3n) is 6.68. The first-order chi connectivity index (χ1) is 16.5. The molecule has 2 atom stereocenters. The van der Waals surface area contributed by atoms with Gasteiger partial charge in [0, 0.05) is 44.1 Å². The van der Waals surface area contributed by atoms with E-state index in [1.165, 1.54) is 11.1 Å². The van der Waals surface area contributed by atoms with Crippen molar-refractivity contribution in [2.75, 3.05) is 19.6 Å². The molecule has 1 aliphatic heterocycles. The lowest BCUT2D eigenvalue weighted by Gasteiger charge is -2.39. The number of hydrogen-bond donors (Lipinski definition) is 5. The van der Waals surface area contributed by atoms with Crippen LogP contribution in [0.3, 0.4) is 0 Å². The predicted molar refractivity (Wildman–Crippen MR) is 130 cm³/mol. The first-order valence-corrected chi connectivity index (χ1v) is 11.7. The summed E-state index contributed by atoms with van der Waals surface area (Å²) in [7, 11) is 0. The molecule has 5 N–H and O–H groups in total. The average Bonchev–Trinajstić information content (AvgIpc) is 3.10. The molecule has 0 aromatic heterocycles. The summed E-state index contributed by atoms with van der Waals surface area (Å²) in [5, 5.41) is 46.9. The fourth-order valence-electron chi connectivity index (χ4n) is 4.76. The van der Waals surface area contributed by atoms with Gasteiger partial charge in [0.25, 0.3) is 0 Å². The quantitative estimate of drug-likeness (QED) is 0.395. The van der Waals surface area contributed by atoms with E-state index in [1.54, 1.807) is 12.1 Å². The summed E-state index contributed by atoms with van der Waals surface area (Å²) >= 11 is 0. The van der Waals surface area contributed by atoms with E-state index >= 15 is 0 Å². The zero-order chi connectivity index (χ0) is 25.6. The molecular formula is C27H33NO7. The number of benzene rings is 2. The van der Waals surface area contributed by atoms with Gasteiger partial charge in [0.05, 0.1) is 11.7 Å². The number of aliphatic carboxylic acids is 2. The highest BCUT2D eigenvalue weighted by Gasteiger charge is 2.36. The lowest BCUT2D eigenvalue weighted by atomic mass is 9.85. The Kier molecular flexibility index (Phi) is 8.67. The fourth-order valence-corrected chi connectivity index (χ4v) is 4.76. The molecule has 0 radical (unpaired) electrons. The van der Waals surface area contributed by atoms with Crippen molar-refractivity contribution in [1.82, 2.24) is 4.90 Å². The predicted octanol–water partition coefficient (Wildman–Crippen LogP) is 2.69. The molecule has 0 spiro atoms. The summed E-state index contributed by atoms with van der Waals surface area (Å²) in [6, 6.07) is 13.7. The minimum Gasteiger partial charge on any atom is -0.508 e. The van der Waals surface area contributed by atoms with Crippen LogP contribution in [0.1, 0.15) is 41.2 Å². The number of carboxylic acid groups (broad SMARTS) is 2. The first kappa shape index (κ1) is 26.4. The molecule has 2 aromatic rings. The van der Waals surface area contributed by atoms with Crippen LogP contribution in [0.15, 0.2) is 54.6 Å². The van der Waals surface area contributed by atoms with Crippen LogP contribution in [0.5, 0.6) is 5.75 Å². The molecule has 0 bridgehead atoms. The molecule has 188 valence electrons. The Labute approximate surface area is 204 Å². The number of rotatable bonds is 6. The van der Waals surface area contributed by atoms with Gasteiger partial charge in [-0.15, -0.1) is 0 Å². The van der Waals surface area contributed by atoms with E-state index in [2.05, 4.69) is 36.1 Å². The van der Waals surface area contributed by atoms with Crippen molar-refractivity contribution in [3.63, 3.8) is 0 Å². The first-order valence-electron chi connectivity index (χ1n) is 11.7. The van der Waals surface area contributed by atoms with Gasteiger partial charge >= 0.3 is 11.9 Å². The maximum atomic E-state index is 11.0. The normalized spacial score (nSPS) is 21.2. The van der Waals surface area contributed by atoms with Gasteiger partial charge in [0.1, 0.15) is 5.75 Å². The standard InChI is InChI=1S/C23H29NO3.C4H4O4/c1-16-2-4-17(5-3-16)14-23(27)8-10-24(11-9-23)15-19-12-18-13-20(25)6-7-21(18)22(19)26;5-3(6)1-2-4(7)8/h2-7,13,19,22,25-27H,8-12,14-15H2,1H3;1-2H,(H,5,6)(H,7,8)/b;2-1+. The summed E-state index contributed by atoms with van der Waals surface area (Å²) in [5.74, 6) is -2.09. The molecule has 0 amide bonds. The Balaban J connectivity index is 0.000000371. The van der Waals surface area contributed by atoms with E-state index in [1.807, 2.05) is 6.07 Å². The molecule has 4 rings (SSSR count). The van der Waals surface area contributed by atoms with Crippen LogP contribution >= 0.6 is 0 Å². The Morgan fingerprint density at radius 2 is 1.63 bits per heavy atom. The van der Waals surface area contributed by atoms with Crippen molar-refractivity contribution >= 4 is 11.9 Å². The molecule has 1 aliphatic carbocycles. The molecule has 1 heterocycles. The fraction of sp³-hybridized carbons (Fsp3) is 0.407. The van der Waals surface area contributed by atoms with Crippen molar-refractivity contribution in [2.45, 2.75) is 44.3 Å². The smallest absolute Gasteiger partial charge is 0.328 e. The van der Waals surface area contributed by atoms with E-state index in [-0.39, 0.29) is 11.7 Å². The molecule has 35 heavy (non-hydrogen) atoms. The second-order valence-corrected chi connectivity index (χ2v) is 9.49. The number of phenolic OH excluding ortho intramolecular Hbond substituents is 1. The number of aryl methyl sites for hydroxylation is 1. The molecule has 2 unspecified atom stereocenters. The zero-order valence-electron chi connectivity index (χ0n) is 19.8. The number of aromatic hydroxyl groups is 1. The van der Waals surface area contributed by atoms with Crippen molar-refractivity contribution in [2.24, 2.45) is 5.92 Å². The summed E-state index contributed by atoms with van der Waals surface area (Å²) in [6.07, 6.45) is 3.68. The monoisotopic (exact) mass is 483 g/mol. The van der Waals surface area contributed by atoms with Gasteiger partial charge in [-0.3, -0.25) is 0 Å². The molecule has 8 nitrogen and oxygen atoms in total. The van der Waals surface area contributed by atoms with Crippen LogP contribution < -0.4 is 0 Å². The SMILES string of the molecule is Cc1ccc(CC2(O)CCN(CC3Cc4cc(O)ccc4C3O)CC2)cc1.O=C(O)/C=C/C(=O)O. The van der Waals surface area contributed by atoms with Crippen LogP contribution in [0.4, 0.5) is 0 Å². The number of carboxylic acids is 2. The van der Waals surface area contributed by atoms with Crippen LogP contribution in [0.25, 0.3) is 0 Å². The Bertz CT molecular complexity index is 1040. The van der Waals surface area contributed by atoms with Gasteiger partial charge in [0.2, 0.25) is 0 Å². The number of piperidine rings is 1. The van der Waals surface area contributed by atoms with E-state index in [9.17, 15) is 24.9 Å². The van der Waals surface area contributed by atoms with E-state index < -0.39 is 23.6 Å². The molecule has 8 heteroatoms.